The van der Waals surface area contributed by atoms with Gasteiger partial charge in [0.2, 0.25) is 0 Å². The Balaban J connectivity index is 1.70. The largest absolute Gasteiger partial charge is 0.480 e. The summed E-state index contributed by atoms with van der Waals surface area (Å²) in [4.78, 5) is 23.0. The first-order valence-corrected chi connectivity index (χ1v) is 8.06. The van der Waals surface area contributed by atoms with Gasteiger partial charge in [0.15, 0.2) is 0 Å². The molecular weight excluding hydrogens is 334 g/mol. The fraction of sp³-hybridized carbons (Fsp3) is 0.222. The van der Waals surface area contributed by atoms with Crippen molar-refractivity contribution >= 4 is 17.6 Å². The molecular formula is C18H19N5O3. The number of hydrogen-bond acceptors (Lipinski definition) is 4. The first-order chi connectivity index (χ1) is 12.4. The second kappa shape index (κ2) is 7.22. The van der Waals surface area contributed by atoms with Crippen LogP contribution in [-0.4, -0.2) is 36.5 Å². The van der Waals surface area contributed by atoms with E-state index in [1.165, 1.54) is 17.1 Å². The minimum Gasteiger partial charge on any atom is -0.480 e. The Bertz CT molecular complexity index is 957. The molecule has 0 saturated carbocycles. The van der Waals surface area contributed by atoms with Crippen molar-refractivity contribution in [3.63, 3.8) is 0 Å². The standard InChI is InChI=1S/C18H19N5O3/c1-12-6-13(2)23(21-12)9-14-4-3-5-16(7-14)20-18(26)15-8-19-22(10-15)11-17(24)25/h3-8,10H,9,11H2,1-2H3,(H,20,26)(H,24,25). The Labute approximate surface area is 150 Å². The molecule has 3 rings (SSSR count). The number of benzene rings is 1. The van der Waals surface area contributed by atoms with E-state index < -0.39 is 5.97 Å². The molecule has 0 atom stereocenters. The van der Waals surface area contributed by atoms with E-state index in [-0.39, 0.29) is 12.5 Å². The number of carboxylic acids is 1. The average molecular weight is 353 g/mol. The zero-order valence-electron chi connectivity index (χ0n) is 14.5. The summed E-state index contributed by atoms with van der Waals surface area (Å²) < 4.78 is 3.11. The summed E-state index contributed by atoms with van der Waals surface area (Å²) in [6.45, 7) is 4.27. The number of carbonyl (C=O) groups is 2. The average Bonchev–Trinajstić information content (AvgIpc) is 3.14. The number of carboxylic acid groups (broad SMARTS) is 1. The van der Waals surface area contributed by atoms with Crippen LogP contribution in [0, 0.1) is 13.8 Å². The van der Waals surface area contributed by atoms with Gasteiger partial charge >= 0.3 is 5.97 Å². The number of rotatable bonds is 6. The molecule has 0 fully saturated rings. The Kier molecular flexibility index (Phi) is 4.83. The number of aromatic nitrogens is 4. The normalized spacial score (nSPS) is 10.7. The number of aryl methyl sites for hydroxylation is 2. The summed E-state index contributed by atoms with van der Waals surface area (Å²) in [5.41, 5.74) is 4.00. The molecule has 0 unspecified atom stereocenters. The zero-order valence-corrected chi connectivity index (χ0v) is 14.5. The van der Waals surface area contributed by atoms with E-state index in [0.29, 0.717) is 17.8 Å². The van der Waals surface area contributed by atoms with Crippen LogP contribution in [0.3, 0.4) is 0 Å². The molecule has 3 aromatic rings. The van der Waals surface area contributed by atoms with Crippen LogP contribution in [-0.2, 0) is 17.9 Å². The van der Waals surface area contributed by atoms with Crippen LogP contribution < -0.4 is 5.32 Å². The molecule has 8 nitrogen and oxygen atoms in total. The second-order valence-electron chi connectivity index (χ2n) is 6.06. The lowest BCUT2D eigenvalue weighted by molar-refractivity contribution is -0.137. The van der Waals surface area contributed by atoms with Gasteiger partial charge in [0, 0.05) is 17.6 Å². The molecule has 0 aliphatic carbocycles. The highest BCUT2D eigenvalue weighted by atomic mass is 16.4. The summed E-state index contributed by atoms with van der Waals surface area (Å²) >= 11 is 0. The lowest BCUT2D eigenvalue weighted by Crippen LogP contribution is -2.12. The van der Waals surface area contributed by atoms with E-state index in [1.807, 2.05) is 42.8 Å². The lowest BCUT2D eigenvalue weighted by Gasteiger charge is -2.08. The molecule has 0 aliphatic rings. The van der Waals surface area contributed by atoms with Crippen molar-refractivity contribution in [3.05, 3.63) is 65.2 Å². The predicted octanol–water partition coefficient (Wildman–Crippen LogP) is 2.08. The third-order valence-electron chi connectivity index (χ3n) is 3.81. The smallest absolute Gasteiger partial charge is 0.325 e. The first-order valence-electron chi connectivity index (χ1n) is 8.06. The Morgan fingerprint density at radius 3 is 2.73 bits per heavy atom. The van der Waals surface area contributed by atoms with Gasteiger partial charge < -0.3 is 10.4 Å². The van der Waals surface area contributed by atoms with Crippen molar-refractivity contribution in [2.45, 2.75) is 26.9 Å². The van der Waals surface area contributed by atoms with Crippen LogP contribution in [0.1, 0.15) is 27.3 Å². The molecule has 0 bridgehead atoms. The maximum atomic E-state index is 12.3. The summed E-state index contributed by atoms with van der Waals surface area (Å²) in [6, 6.07) is 9.53. The van der Waals surface area contributed by atoms with Crippen molar-refractivity contribution in [2.75, 3.05) is 5.32 Å². The topological polar surface area (TPSA) is 102 Å². The third kappa shape index (κ3) is 4.15. The molecule has 2 heterocycles. The Hall–Kier alpha value is -3.42. The molecule has 134 valence electrons. The van der Waals surface area contributed by atoms with Crippen molar-refractivity contribution in [2.24, 2.45) is 0 Å². The lowest BCUT2D eigenvalue weighted by atomic mass is 10.2. The van der Waals surface area contributed by atoms with Crippen molar-refractivity contribution in [1.29, 1.82) is 0 Å². The van der Waals surface area contributed by atoms with E-state index >= 15 is 0 Å². The van der Waals surface area contributed by atoms with E-state index in [1.54, 1.807) is 6.07 Å². The highest BCUT2D eigenvalue weighted by Gasteiger charge is 2.11. The van der Waals surface area contributed by atoms with Gasteiger partial charge in [0.25, 0.3) is 5.91 Å². The summed E-state index contributed by atoms with van der Waals surface area (Å²) in [7, 11) is 0. The first kappa shape index (κ1) is 17.4. The van der Waals surface area contributed by atoms with Gasteiger partial charge in [-0.2, -0.15) is 10.2 Å². The van der Waals surface area contributed by atoms with Gasteiger partial charge in [-0.3, -0.25) is 19.0 Å². The fourth-order valence-electron chi connectivity index (χ4n) is 2.66. The maximum Gasteiger partial charge on any atom is 0.325 e. The van der Waals surface area contributed by atoms with Crippen LogP contribution in [0.25, 0.3) is 0 Å². The molecule has 8 heteroatoms. The SMILES string of the molecule is Cc1cc(C)n(Cc2cccc(NC(=O)c3cnn(CC(=O)O)c3)c2)n1. The van der Waals surface area contributed by atoms with Crippen molar-refractivity contribution in [3.8, 4) is 0 Å². The van der Waals surface area contributed by atoms with Crippen LogP contribution >= 0.6 is 0 Å². The van der Waals surface area contributed by atoms with Crippen LogP contribution in [0.5, 0.6) is 0 Å². The predicted molar refractivity (Wildman–Crippen MR) is 95.1 cm³/mol. The van der Waals surface area contributed by atoms with Crippen LogP contribution in [0.15, 0.2) is 42.7 Å². The molecule has 0 saturated heterocycles. The van der Waals surface area contributed by atoms with Gasteiger partial charge in [0.05, 0.1) is 24.0 Å². The third-order valence-corrected chi connectivity index (χ3v) is 3.81. The zero-order chi connectivity index (χ0) is 18.7. The number of hydrogen-bond donors (Lipinski definition) is 2. The second-order valence-corrected chi connectivity index (χ2v) is 6.06. The van der Waals surface area contributed by atoms with Gasteiger partial charge in [-0.05, 0) is 37.6 Å². The quantitative estimate of drug-likeness (QED) is 0.706. The summed E-state index contributed by atoms with van der Waals surface area (Å²) in [5.74, 6) is -1.36. The van der Waals surface area contributed by atoms with Crippen molar-refractivity contribution < 1.29 is 14.7 Å². The fourth-order valence-corrected chi connectivity index (χ4v) is 2.66. The highest BCUT2D eigenvalue weighted by molar-refractivity contribution is 6.04. The molecule has 0 aliphatic heterocycles. The molecule has 1 aromatic carbocycles. The van der Waals surface area contributed by atoms with Crippen LogP contribution in [0.4, 0.5) is 5.69 Å². The van der Waals surface area contributed by atoms with Crippen molar-refractivity contribution in [1.82, 2.24) is 19.6 Å². The molecule has 2 N–H and O–H groups in total. The monoisotopic (exact) mass is 353 g/mol. The van der Waals surface area contributed by atoms with E-state index in [2.05, 4.69) is 15.5 Å². The minimum absolute atomic E-state index is 0.286. The number of nitrogens with zero attached hydrogens (tertiary/aromatic N) is 4. The number of amides is 1. The van der Waals surface area contributed by atoms with E-state index in [4.69, 9.17) is 5.11 Å². The Morgan fingerprint density at radius 2 is 2.04 bits per heavy atom. The molecule has 0 spiro atoms. The molecule has 1 amide bonds. The number of carbonyl (C=O) groups excluding carboxylic acids is 1. The number of anilines is 1. The Morgan fingerprint density at radius 1 is 1.23 bits per heavy atom. The molecule has 0 radical (unpaired) electrons. The summed E-state index contributed by atoms with van der Waals surface area (Å²) in [6.07, 6.45) is 2.75. The van der Waals surface area contributed by atoms with E-state index in [9.17, 15) is 9.59 Å². The van der Waals surface area contributed by atoms with Gasteiger partial charge in [-0.1, -0.05) is 12.1 Å². The molecule has 2 aromatic heterocycles. The van der Waals surface area contributed by atoms with Gasteiger partial charge in [0.1, 0.15) is 6.54 Å². The van der Waals surface area contributed by atoms with E-state index in [0.717, 1.165) is 17.0 Å². The summed E-state index contributed by atoms with van der Waals surface area (Å²) in [5, 5.41) is 19.9. The number of aliphatic carboxylic acids is 1. The van der Waals surface area contributed by atoms with Crippen LogP contribution in [0.2, 0.25) is 0 Å². The highest BCUT2D eigenvalue weighted by Crippen LogP contribution is 2.14. The molecule has 26 heavy (non-hydrogen) atoms. The number of nitrogens with one attached hydrogen (secondary N) is 1. The van der Waals surface area contributed by atoms with Gasteiger partial charge in [-0.15, -0.1) is 0 Å². The van der Waals surface area contributed by atoms with Gasteiger partial charge in [-0.25, -0.2) is 0 Å². The maximum absolute atomic E-state index is 12.3. The minimum atomic E-state index is -1.02.